The maximum absolute atomic E-state index is 12.9. The van der Waals surface area contributed by atoms with Crippen molar-refractivity contribution < 1.29 is 9.18 Å². The molecule has 2 N–H and O–H groups in total. The summed E-state index contributed by atoms with van der Waals surface area (Å²) >= 11 is 0. The quantitative estimate of drug-likeness (QED) is 0.752. The van der Waals surface area contributed by atoms with Gasteiger partial charge in [-0.3, -0.25) is 9.79 Å². The van der Waals surface area contributed by atoms with Crippen LogP contribution in [0, 0.1) is 5.82 Å². The van der Waals surface area contributed by atoms with Gasteiger partial charge in [-0.1, -0.05) is 12.1 Å². The maximum Gasteiger partial charge on any atom is 0.239 e. The molecule has 5 heteroatoms. The van der Waals surface area contributed by atoms with Crippen molar-refractivity contribution in [2.24, 2.45) is 4.99 Å². The van der Waals surface area contributed by atoms with Crippen LogP contribution in [0.2, 0.25) is 0 Å². The van der Waals surface area contributed by atoms with E-state index < -0.39 is 0 Å². The summed E-state index contributed by atoms with van der Waals surface area (Å²) in [4.78, 5) is 15.7. The number of nitrogens with one attached hydrogen (secondary N) is 2. The van der Waals surface area contributed by atoms with E-state index >= 15 is 0 Å². The number of hydrogen-bond acceptors (Lipinski definition) is 3. The van der Waals surface area contributed by atoms with Gasteiger partial charge in [0.05, 0.1) is 6.54 Å². The van der Waals surface area contributed by atoms with Gasteiger partial charge in [0.2, 0.25) is 5.91 Å². The zero-order valence-corrected chi connectivity index (χ0v) is 11.8. The van der Waals surface area contributed by atoms with Crippen molar-refractivity contribution >= 4 is 17.3 Å². The van der Waals surface area contributed by atoms with Gasteiger partial charge in [0, 0.05) is 31.4 Å². The molecule has 0 fully saturated rings. The molecule has 1 aromatic rings. The largest absolute Gasteiger partial charge is 0.376 e. The normalized spacial score (nSPS) is 11.7. The summed E-state index contributed by atoms with van der Waals surface area (Å²) in [6.45, 7) is 2.57. The summed E-state index contributed by atoms with van der Waals surface area (Å²) in [6, 6.07) is 6.01. The van der Waals surface area contributed by atoms with Crippen molar-refractivity contribution in [3.63, 3.8) is 0 Å². The first-order chi connectivity index (χ1) is 9.65. The van der Waals surface area contributed by atoms with Crippen molar-refractivity contribution in [2.45, 2.75) is 13.3 Å². The average Bonchev–Trinajstić information content (AvgIpc) is 2.44. The third-order valence-electron chi connectivity index (χ3n) is 2.63. The Balaban J connectivity index is 2.27. The molecule has 0 radical (unpaired) electrons. The molecule has 0 aliphatic heterocycles. The number of hydrogen-bond donors (Lipinski definition) is 2. The van der Waals surface area contributed by atoms with Crippen LogP contribution >= 0.6 is 0 Å². The minimum Gasteiger partial charge on any atom is -0.376 e. The first-order valence-electron chi connectivity index (χ1n) is 6.50. The van der Waals surface area contributed by atoms with Gasteiger partial charge in [-0.25, -0.2) is 4.39 Å². The number of carbonyl (C=O) groups excluding carboxylic acids is 1. The Bertz CT molecular complexity index is 498. The predicted molar refractivity (Wildman–Crippen MR) is 80.7 cm³/mol. The van der Waals surface area contributed by atoms with E-state index in [9.17, 15) is 9.18 Å². The van der Waals surface area contributed by atoms with Gasteiger partial charge in [0.1, 0.15) is 5.82 Å². The molecule has 0 aromatic heterocycles. The monoisotopic (exact) mass is 277 g/mol. The van der Waals surface area contributed by atoms with E-state index in [1.807, 2.05) is 19.1 Å². The zero-order chi connectivity index (χ0) is 14.8. The van der Waals surface area contributed by atoms with Gasteiger partial charge in [0.15, 0.2) is 0 Å². The number of rotatable bonds is 7. The lowest BCUT2D eigenvalue weighted by Gasteiger charge is -2.08. The first-order valence-corrected chi connectivity index (χ1v) is 6.50. The molecule has 0 saturated carbocycles. The number of carbonyl (C=O) groups is 1. The lowest BCUT2D eigenvalue weighted by atomic mass is 10.2. The number of benzene rings is 1. The second-order valence-electron chi connectivity index (χ2n) is 4.18. The van der Waals surface area contributed by atoms with E-state index in [2.05, 4.69) is 15.6 Å². The van der Waals surface area contributed by atoms with Crippen molar-refractivity contribution in [3.8, 4) is 0 Å². The van der Waals surface area contributed by atoms with Crippen LogP contribution < -0.4 is 10.6 Å². The van der Waals surface area contributed by atoms with Gasteiger partial charge >= 0.3 is 0 Å². The molecule has 20 heavy (non-hydrogen) atoms. The molecule has 0 saturated heterocycles. The lowest BCUT2D eigenvalue weighted by molar-refractivity contribution is -0.119. The Labute approximate surface area is 118 Å². The SMILES string of the molecule is CC=CC(CCNC(=O)CNc1cccc(F)c1)=NC. The van der Waals surface area contributed by atoms with Crippen LogP contribution in [-0.2, 0) is 4.79 Å². The van der Waals surface area contributed by atoms with E-state index in [1.165, 1.54) is 12.1 Å². The Hall–Kier alpha value is -2.17. The van der Waals surface area contributed by atoms with Crippen molar-refractivity contribution in [1.29, 1.82) is 0 Å². The number of halogens is 1. The Morgan fingerprint density at radius 3 is 2.90 bits per heavy atom. The Kier molecular flexibility index (Phi) is 7.03. The minimum absolute atomic E-state index is 0.117. The summed E-state index contributed by atoms with van der Waals surface area (Å²) in [5.41, 5.74) is 1.52. The third kappa shape index (κ3) is 6.13. The highest BCUT2D eigenvalue weighted by Crippen LogP contribution is 2.08. The highest BCUT2D eigenvalue weighted by atomic mass is 19.1. The molecule has 0 aliphatic rings. The Morgan fingerprint density at radius 1 is 1.45 bits per heavy atom. The highest BCUT2D eigenvalue weighted by molar-refractivity contribution is 5.95. The topological polar surface area (TPSA) is 53.5 Å². The first kappa shape index (κ1) is 15.9. The molecule has 0 unspecified atom stereocenters. The van der Waals surface area contributed by atoms with E-state index in [-0.39, 0.29) is 18.3 Å². The summed E-state index contributed by atoms with van der Waals surface area (Å²) in [5.74, 6) is -0.462. The molecular weight excluding hydrogens is 257 g/mol. The average molecular weight is 277 g/mol. The van der Waals surface area contributed by atoms with Gasteiger partial charge < -0.3 is 10.6 Å². The molecule has 0 heterocycles. The summed E-state index contributed by atoms with van der Waals surface area (Å²) < 4.78 is 12.9. The molecule has 0 atom stereocenters. The molecule has 0 bridgehead atoms. The van der Waals surface area contributed by atoms with Crippen molar-refractivity contribution in [1.82, 2.24) is 5.32 Å². The molecule has 108 valence electrons. The summed E-state index contributed by atoms with van der Waals surface area (Å²) in [5, 5.41) is 5.65. The number of nitrogens with zero attached hydrogens (tertiary/aromatic N) is 1. The maximum atomic E-state index is 12.9. The van der Waals surface area contributed by atoms with Gasteiger partial charge in [-0.05, 0) is 31.2 Å². The zero-order valence-electron chi connectivity index (χ0n) is 11.8. The molecular formula is C15H20FN3O. The second-order valence-corrected chi connectivity index (χ2v) is 4.18. The number of aliphatic imine (C=N–C) groups is 1. The van der Waals surface area contributed by atoms with Crippen LogP contribution in [0.3, 0.4) is 0 Å². The van der Waals surface area contributed by atoms with Crippen LogP contribution in [0.25, 0.3) is 0 Å². The van der Waals surface area contributed by atoms with Gasteiger partial charge in [-0.2, -0.15) is 0 Å². The number of anilines is 1. The van der Waals surface area contributed by atoms with Crippen LogP contribution in [0.4, 0.5) is 10.1 Å². The molecule has 0 aliphatic carbocycles. The second kappa shape index (κ2) is 8.85. The Morgan fingerprint density at radius 2 is 2.25 bits per heavy atom. The number of amides is 1. The summed E-state index contributed by atoms with van der Waals surface area (Å²) in [7, 11) is 1.72. The molecule has 1 amide bonds. The molecule has 0 spiro atoms. The van der Waals surface area contributed by atoms with Gasteiger partial charge in [-0.15, -0.1) is 0 Å². The summed E-state index contributed by atoms with van der Waals surface area (Å²) in [6.07, 6.45) is 4.51. The van der Waals surface area contributed by atoms with Crippen LogP contribution in [0.5, 0.6) is 0 Å². The fourth-order valence-corrected chi connectivity index (χ4v) is 1.64. The van der Waals surface area contributed by atoms with E-state index in [4.69, 9.17) is 0 Å². The van der Waals surface area contributed by atoms with E-state index in [0.717, 1.165) is 5.71 Å². The third-order valence-corrected chi connectivity index (χ3v) is 2.63. The standard InChI is InChI=1S/C15H20FN3O/c1-3-5-13(17-2)8-9-18-15(20)11-19-14-7-4-6-12(16)10-14/h3-7,10,19H,8-9,11H2,1-2H3,(H,18,20). The molecule has 1 aromatic carbocycles. The van der Waals surface area contributed by atoms with Crippen molar-refractivity contribution in [2.75, 3.05) is 25.5 Å². The highest BCUT2D eigenvalue weighted by Gasteiger charge is 2.02. The van der Waals surface area contributed by atoms with Gasteiger partial charge in [0.25, 0.3) is 0 Å². The fourth-order valence-electron chi connectivity index (χ4n) is 1.64. The smallest absolute Gasteiger partial charge is 0.239 e. The van der Waals surface area contributed by atoms with Crippen LogP contribution in [0.15, 0.2) is 41.4 Å². The minimum atomic E-state index is -0.328. The van der Waals surface area contributed by atoms with Crippen LogP contribution in [0.1, 0.15) is 13.3 Å². The predicted octanol–water partition coefficient (Wildman–Crippen LogP) is 2.39. The van der Waals surface area contributed by atoms with E-state index in [0.29, 0.717) is 18.7 Å². The lowest BCUT2D eigenvalue weighted by Crippen LogP contribution is -2.31. The molecule has 4 nitrogen and oxygen atoms in total. The number of allylic oxidation sites excluding steroid dienone is 2. The van der Waals surface area contributed by atoms with Crippen LogP contribution in [-0.4, -0.2) is 31.8 Å². The molecule has 1 rings (SSSR count). The fraction of sp³-hybridized carbons (Fsp3) is 0.333. The van der Waals surface area contributed by atoms with Crippen molar-refractivity contribution in [3.05, 3.63) is 42.2 Å². The van der Waals surface area contributed by atoms with E-state index in [1.54, 1.807) is 19.2 Å².